The van der Waals surface area contributed by atoms with Crippen molar-refractivity contribution in [2.24, 2.45) is 4.99 Å². The summed E-state index contributed by atoms with van der Waals surface area (Å²) in [5, 5.41) is 9.56. The third-order valence-electron chi connectivity index (χ3n) is 5.18. The molecule has 1 atom stereocenters. The second kappa shape index (κ2) is 10.6. The summed E-state index contributed by atoms with van der Waals surface area (Å²) in [5.41, 5.74) is 2.83. The van der Waals surface area contributed by atoms with Crippen molar-refractivity contribution < 1.29 is 19.0 Å². The first-order chi connectivity index (χ1) is 15.1. The molecule has 3 rings (SSSR count). The number of ether oxygens (including phenoxy) is 3. The molecule has 166 valence electrons. The smallest absolute Gasteiger partial charge is 0.225 e. The van der Waals surface area contributed by atoms with Gasteiger partial charge in [0.2, 0.25) is 5.91 Å². The van der Waals surface area contributed by atoms with Crippen LogP contribution < -0.4 is 30.2 Å². The van der Waals surface area contributed by atoms with Crippen molar-refractivity contribution >= 4 is 17.6 Å². The molecule has 1 amide bonds. The number of carbonyl (C=O) groups excluding carboxylic acids is 1. The average molecular weight is 427 g/mol. The number of guanidine groups is 1. The average Bonchev–Trinajstić information content (AvgIpc) is 2.79. The van der Waals surface area contributed by atoms with Crippen LogP contribution in [0.4, 0.5) is 5.69 Å². The zero-order valence-electron chi connectivity index (χ0n) is 18.5. The molecule has 0 saturated heterocycles. The number of amides is 1. The van der Waals surface area contributed by atoms with Crippen LogP contribution in [0.25, 0.3) is 0 Å². The SMILES string of the molecule is CCNC(=NCc1c(OC)cc(OC)cc1OC)NCC1CC(=O)Nc2ccccc21. The minimum Gasteiger partial charge on any atom is -0.496 e. The standard InChI is InChI=1S/C23H30N4O4/c1-5-24-23(25-13-15-10-22(28)27-19-9-7-6-8-17(15)19)26-14-18-20(30-3)11-16(29-2)12-21(18)31-4/h6-9,11-12,15H,5,10,13-14H2,1-4H3,(H,27,28)(H2,24,25,26). The quantitative estimate of drug-likeness (QED) is 0.444. The number of nitrogens with one attached hydrogen (secondary N) is 3. The molecular weight excluding hydrogens is 396 g/mol. The molecule has 8 nitrogen and oxygen atoms in total. The van der Waals surface area contributed by atoms with Gasteiger partial charge in [0, 0.05) is 43.2 Å². The lowest BCUT2D eigenvalue weighted by Gasteiger charge is -2.26. The summed E-state index contributed by atoms with van der Waals surface area (Å²) < 4.78 is 16.3. The van der Waals surface area contributed by atoms with Crippen LogP contribution in [0.15, 0.2) is 41.4 Å². The highest BCUT2D eigenvalue weighted by Gasteiger charge is 2.24. The maximum atomic E-state index is 12.1. The minimum atomic E-state index is 0.0279. The van der Waals surface area contributed by atoms with Gasteiger partial charge in [0.25, 0.3) is 0 Å². The van der Waals surface area contributed by atoms with Gasteiger partial charge in [0.1, 0.15) is 17.2 Å². The molecule has 1 unspecified atom stereocenters. The fourth-order valence-electron chi connectivity index (χ4n) is 3.64. The highest BCUT2D eigenvalue weighted by Crippen LogP contribution is 2.34. The van der Waals surface area contributed by atoms with Crippen LogP contribution in [-0.2, 0) is 11.3 Å². The highest BCUT2D eigenvalue weighted by atomic mass is 16.5. The lowest BCUT2D eigenvalue weighted by atomic mass is 9.90. The Morgan fingerprint density at radius 2 is 1.81 bits per heavy atom. The van der Waals surface area contributed by atoms with Crippen molar-refractivity contribution in [1.82, 2.24) is 10.6 Å². The predicted molar refractivity (Wildman–Crippen MR) is 121 cm³/mol. The summed E-state index contributed by atoms with van der Waals surface area (Å²) in [6, 6.07) is 11.5. The third kappa shape index (κ3) is 5.39. The molecule has 31 heavy (non-hydrogen) atoms. The minimum absolute atomic E-state index is 0.0279. The van der Waals surface area contributed by atoms with Crippen LogP contribution in [0.2, 0.25) is 0 Å². The number of fused-ring (bicyclic) bond motifs is 1. The van der Waals surface area contributed by atoms with E-state index in [9.17, 15) is 4.79 Å². The van der Waals surface area contributed by atoms with Gasteiger partial charge in [0.15, 0.2) is 5.96 Å². The Bertz CT molecular complexity index is 920. The van der Waals surface area contributed by atoms with Gasteiger partial charge in [-0.1, -0.05) is 18.2 Å². The monoisotopic (exact) mass is 426 g/mol. The molecule has 0 spiro atoms. The van der Waals surface area contributed by atoms with E-state index in [0.29, 0.717) is 49.3 Å². The number of aliphatic imine (C=N–C) groups is 1. The molecule has 0 aromatic heterocycles. The second-order valence-corrected chi connectivity index (χ2v) is 7.12. The van der Waals surface area contributed by atoms with Crippen LogP contribution in [0.1, 0.15) is 30.4 Å². The Kier molecular flexibility index (Phi) is 7.59. The number of nitrogens with zero attached hydrogens (tertiary/aromatic N) is 1. The number of rotatable bonds is 8. The maximum absolute atomic E-state index is 12.1. The molecule has 2 aromatic carbocycles. The zero-order valence-corrected chi connectivity index (χ0v) is 18.5. The second-order valence-electron chi connectivity index (χ2n) is 7.12. The molecule has 2 aromatic rings. The van der Waals surface area contributed by atoms with E-state index < -0.39 is 0 Å². The molecule has 0 aliphatic carbocycles. The zero-order chi connectivity index (χ0) is 22.2. The van der Waals surface area contributed by atoms with Crippen molar-refractivity contribution in [3.63, 3.8) is 0 Å². The van der Waals surface area contributed by atoms with E-state index in [4.69, 9.17) is 19.2 Å². The van der Waals surface area contributed by atoms with E-state index in [-0.39, 0.29) is 11.8 Å². The summed E-state index contributed by atoms with van der Waals surface area (Å²) in [4.78, 5) is 16.8. The first-order valence-corrected chi connectivity index (χ1v) is 10.3. The van der Waals surface area contributed by atoms with Crippen LogP contribution in [0.3, 0.4) is 0 Å². The van der Waals surface area contributed by atoms with E-state index in [1.807, 2.05) is 37.3 Å². The van der Waals surface area contributed by atoms with Crippen LogP contribution in [0.5, 0.6) is 17.2 Å². The number of hydrogen-bond acceptors (Lipinski definition) is 5. The first kappa shape index (κ1) is 22.3. The first-order valence-electron chi connectivity index (χ1n) is 10.3. The Morgan fingerprint density at radius 3 is 2.45 bits per heavy atom. The summed E-state index contributed by atoms with van der Waals surface area (Å²) >= 11 is 0. The molecule has 0 bridgehead atoms. The molecule has 3 N–H and O–H groups in total. The lowest BCUT2D eigenvalue weighted by Crippen LogP contribution is -2.40. The molecule has 1 aliphatic heterocycles. The van der Waals surface area contributed by atoms with Gasteiger partial charge in [-0.2, -0.15) is 0 Å². The number of anilines is 1. The fourth-order valence-corrected chi connectivity index (χ4v) is 3.64. The van der Waals surface area contributed by atoms with E-state index in [0.717, 1.165) is 16.8 Å². The van der Waals surface area contributed by atoms with Gasteiger partial charge >= 0.3 is 0 Å². The van der Waals surface area contributed by atoms with Crippen molar-refractivity contribution in [3.05, 3.63) is 47.5 Å². The number of benzene rings is 2. The third-order valence-corrected chi connectivity index (χ3v) is 5.18. The largest absolute Gasteiger partial charge is 0.496 e. The summed E-state index contributed by atoms with van der Waals surface area (Å²) in [6.45, 7) is 3.67. The van der Waals surface area contributed by atoms with Crippen molar-refractivity contribution in [2.45, 2.75) is 25.8 Å². The molecule has 1 aliphatic rings. The molecular formula is C23H30N4O4. The molecule has 8 heteroatoms. The molecule has 0 saturated carbocycles. The molecule has 0 radical (unpaired) electrons. The van der Waals surface area contributed by atoms with E-state index in [1.165, 1.54) is 0 Å². The Balaban J connectivity index is 1.77. The number of para-hydroxylation sites is 1. The van der Waals surface area contributed by atoms with Gasteiger partial charge in [-0.15, -0.1) is 0 Å². The van der Waals surface area contributed by atoms with E-state index >= 15 is 0 Å². The van der Waals surface area contributed by atoms with Gasteiger partial charge in [-0.05, 0) is 18.6 Å². The summed E-state index contributed by atoms with van der Waals surface area (Å²) in [5.74, 6) is 2.70. The maximum Gasteiger partial charge on any atom is 0.225 e. The number of methoxy groups -OCH3 is 3. The van der Waals surface area contributed by atoms with Crippen molar-refractivity contribution in [3.8, 4) is 17.2 Å². The summed E-state index contributed by atoms with van der Waals surface area (Å²) in [7, 11) is 4.82. The van der Waals surface area contributed by atoms with Crippen LogP contribution >= 0.6 is 0 Å². The predicted octanol–water partition coefficient (Wildman–Crippen LogP) is 2.89. The number of carbonyl (C=O) groups is 1. The Hall–Kier alpha value is -3.42. The van der Waals surface area contributed by atoms with E-state index in [2.05, 4.69) is 22.0 Å². The number of hydrogen-bond donors (Lipinski definition) is 3. The molecule has 1 heterocycles. The molecule has 0 fully saturated rings. The van der Waals surface area contributed by atoms with E-state index in [1.54, 1.807) is 21.3 Å². The topological polar surface area (TPSA) is 93.2 Å². The van der Waals surface area contributed by atoms with Crippen LogP contribution in [0, 0.1) is 0 Å². The Morgan fingerprint density at radius 1 is 1.10 bits per heavy atom. The van der Waals surface area contributed by atoms with Gasteiger partial charge in [-0.25, -0.2) is 4.99 Å². The van der Waals surface area contributed by atoms with Gasteiger partial charge in [0.05, 0.1) is 33.4 Å². The van der Waals surface area contributed by atoms with Crippen molar-refractivity contribution in [1.29, 1.82) is 0 Å². The van der Waals surface area contributed by atoms with Crippen molar-refractivity contribution in [2.75, 3.05) is 39.7 Å². The highest BCUT2D eigenvalue weighted by molar-refractivity contribution is 5.94. The fraction of sp³-hybridized carbons (Fsp3) is 0.391. The van der Waals surface area contributed by atoms with Gasteiger partial charge in [-0.3, -0.25) is 4.79 Å². The Labute approximate surface area is 183 Å². The van der Waals surface area contributed by atoms with Gasteiger partial charge < -0.3 is 30.2 Å². The normalized spacial score (nSPS) is 15.5. The summed E-state index contributed by atoms with van der Waals surface area (Å²) in [6.07, 6.45) is 0.434. The van der Waals surface area contributed by atoms with Crippen LogP contribution in [-0.4, -0.2) is 46.3 Å². The lowest BCUT2D eigenvalue weighted by molar-refractivity contribution is -0.116.